The molecule has 1 amide bonds. The summed E-state index contributed by atoms with van der Waals surface area (Å²) < 4.78 is 21.2. The quantitative estimate of drug-likeness (QED) is 0.280. The molecule has 0 unspecified atom stereocenters. The molecule has 0 aliphatic heterocycles. The number of thioether (sulfide) groups is 1. The van der Waals surface area contributed by atoms with Crippen molar-refractivity contribution < 1.29 is 13.9 Å². The van der Waals surface area contributed by atoms with Gasteiger partial charge in [0.05, 0.1) is 18.5 Å². The second-order valence-electron chi connectivity index (χ2n) is 6.14. The Labute approximate surface area is 176 Å². The van der Waals surface area contributed by atoms with Crippen LogP contribution in [0.15, 0.2) is 34.8 Å². The molecule has 0 radical (unpaired) electrons. The summed E-state index contributed by atoms with van der Waals surface area (Å²) in [5, 5.41) is 15.6. The van der Waals surface area contributed by atoms with Crippen molar-refractivity contribution in [3.05, 3.63) is 42.0 Å². The summed E-state index contributed by atoms with van der Waals surface area (Å²) in [6.45, 7) is 4.56. The fraction of sp³-hybridized carbons (Fsp3) is 0.368. The Hall–Kier alpha value is -2.46. The summed E-state index contributed by atoms with van der Waals surface area (Å²) in [6, 6.07) is 5.83. The molecule has 0 bridgehead atoms. The Balaban J connectivity index is 1.76. The highest BCUT2D eigenvalue weighted by Gasteiger charge is 2.20. The van der Waals surface area contributed by atoms with Gasteiger partial charge in [0, 0.05) is 5.75 Å². The van der Waals surface area contributed by atoms with Crippen LogP contribution in [0.3, 0.4) is 0 Å². The van der Waals surface area contributed by atoms with E-state index in [1.807, 2.05) is 6.92 Å². The summed E-state index contributed by atoms with van der Waals surface area (Å²) in [5.41, 5.74) is 0.760. The standard InChI is InChI=1S/C19H22FN5O2S2/c1-3-5-11-28-19-23-22-18(29-19)21-17(26)16-15(27-10-4-2)12-25(24-16)14-8-6-13(20)7-9-14/h6-9,12H,3-5,10-11H2,1-2H3,(H,21,22,26). The van der Waals surface area contributed by atoms with Crippen LogP contribution in [-0.2, 0) is 0 Å². The van der Waals surface area contributed by atoms with Crippen molar-refractivity contribution in [1.29, 1.82) is 0 Å². The number of anilines is 1. The van der Waals surface area contributed by atoms with E-state index in [1.165, 1.54) is 28.2 Å². The van der Waals surface area contributed by atoms with Crippen LogP contribution in [0.5, 0.6) is 5.75 Å². The fourth-order valence-electron chi connectivity index (χ4n) is 2.34. The maximum atomic E-state index is 13.2. The van der Waals surface area contributed by atoms with Crippen molar-refractivity contribution >= 4 is 34.1 Å². The molecule has 3 rings (SSSR count). The van der Waals surface area contributed by atoms with Crippen LogP contribution < -0.4 is 10.1 Å². The predicted molar refractivity (Wildman–Crippen MR) is 113 cm³/mol. The normalized spacial score (nSPS) is 10.9. The maximum absolute atomic E-state index is 13.2. The number of nitrogens with one attached hydrogen (secondary N) is 1. The summed E-state index contributed by atoms with van der Waals surface area (Å²) in [6.07, 6.45) is 4.62. The van der Waals surface area contributed by atoms with Crippen LogP contribution in [0, 0.1) is 5.82 Å². The zero-order valence-electron chi connectivity index (χ0n) is 16.2. The molecule has 154 valence electrons. The Morgan fingerprint density at radius 1 is 1.24 bits per heavy atom. The smallest absolute Gasteiger partial charge is 0.281 e. The van der Waals surface area contributed by atoms with Gasteiger partial charge in [-0.3, -0.25) is 10.1 Å². The average Bonchev–Trinajstić information content (AvgIpc) is 3.34. The van der Waals surface area contributed by atoms with Crippen LogP contribution in [0.2, 0.25) is 0 Å². The van der Waals surface area contributed by atoms with E-state index in [1.54, 1.807) is 30.1 Å². The number of halogens is 1. The average molecular weight is 436 g/mol. The van der Waals surface area contributed by atoms with Gasteiger partial charge in [-0.1, -0.05) is 43.4 Å². The molecular weight excluding hydrogens is 413 g/mol. The minimum absolute atomic E-state index is 0.137. The number of unbranched alkanes of at least 4 members (excludes halogenated alkanes) is 1. The number of amides is 1. The van der Waals surface area contributed by atoms with Gasteiger partial charge in [0.2, 0.25) is 5.13 Å². The van der Waals surface area contributed by atoms with Crippen LogP contribution in [0.1, 0.15) is 43.6 Å². The van der Waals surface area contributed by atoms with Gasteiger partial charge in [-0.25, -0.2) is 9.07 Å². The lowest BCUT2D eigenvalue weighted by Gasteiger charge is -2.03. The number of benzene rings is 1. The zero-order valence-corrected chi connectivity index (χ0v) is 17.9. The molecule has 0 aliphatic carbocycles. The van der Waals surface area contributed by atoms with E-state index in [9.17, 15) is 9.18 Å². The number of ether oxygens (including phenoxy) is 1. The van der Waals surface area contributed by atoms with Gasteiger partial charge in [0.25, 0.3) is 5.91 Å². The molecule has 3 aromatic rings. The molecule has 0 atom stereocenters. The predicted octanol–water partition coefficient (Wildman–Crippen LogP) is 4.80. The van der Waals surface area contributed by atoms with Crippen molar-refractivity contribution in [2.24, 2.45) is 0 Å². The first kappa shape index (κ1) is 21.3. The van der Waals surface area contributed by atoms with Crippen LogP contribution in [0.4, 0.5) is 9.52 Å². The van der Waals surface area contributed by atoms with Crippen molar-refractivity contribution in [1.82, 2.24) is 20.0 Å². The molecule has 29 heavy (non-hydrogen) atoms. The molecule has 2 heterocycles. The highest BCUT2D eigenvalue weighted by atomic mass is 32.2. The Morgan fingerprint density at radius 2 is 2.03 bits per heavy atom. The number of rotatable bonds is 10. The molecule has 0 saturated heterocycles. The molecule has 1 aromatic carbocycles. The fourth-order valence-corrected chi connectivity index (χ4v) is 4.24. The number of aromatic nitrogens is 4. The second kappa shape index (κ2) is 10.4. The van der Waals surface area contributed by atoms with E-state index in [0.29, 0.717) is 23.2 Å². The molecule has 0 spiro atoms. The second-order valence-corrected chi connectivity index (χ2v) is 8.46. The van der Waals surface area contributed by atoms with Crippen LogP contribution in [-0.4, -0.2) is 38.2 Å². The largest absolute Gasteiger partial charge is 0.489 e. The van der Waals surface area contributed by atoms with E-state index in [0.717, 1.165) is 29.4 Å². The Bertz CT molecular complexity index is 942. The molecule has 0 fully saturated rings. The van der Waals surface area contributed by atoms with Crippen LogP contribution >= 0.6 is 23.1 Å². The van der Waals surface area contributed by atoms with Gasteiger partial charge >= 0.3 is 0 Å². The molecule has 10 heteroatoms. The molecule has 0 saturated carbocycles. The molecule has 0 aliphatic rings. The van der Waals surface area contributed by atoms with Gasteiger partial charge in [-0.05, 0) is 37.1 Å². The lowest BCUT2D eigenvalue weighted by molar-refractivity contribution is 0.101. The number of carbonyl (C=O) groups is 1. The first-order chi connectivity index (χ1) is 14.1. The summed E-state index contributed by atoms with van der Waals surface area (Å²) in [5.74, 6) is 0.551. The van der Waals surface area contributed by atoms with Crippen molar-refractivity contribution in [2.45, 2.75) is 37.4 Å². The summed E-state index contributed by atoms with van der Waals surface area (Å²) in [7, 11) is 0. The van der Waals surface area contributed by atoms with Gasteiger partial charge in [-0.2, -0.15) is 5.10 Å². The number of hydrogen-bond donors (Lipinski definition) is 1. The third kappa shape index (κ3) is 5.77. The Morgan fingerprint density at radius 3 is 2.76 bits per heavy atom. The highest BCUT2D eigenvalue weighted by molar-refractivity contribution is 8.01. The lowest BCUT2D eigenvalue weighted by Crippen LogP contribution is -2.14. The third-order valence-electron chi connectivity index (χ3n) is 3.80. The zero-order chi connectivity index (χ0) is 20.6. The first-order valence-corrected chi connectivity index (χ1v) is 11.2. The van der Waals surface area contributed by atoms with E-state index in [2.05, 4.69) is 27.5 Å². The monoisotopic (exact) mass is 435 g/mol. The van der Waals surface area contributed by atoms with Gasteiger partial charge in [0.15, 0.2) is 15.8 Å². The number of hydrogen-bond acceptors (Lipinski definition) is 7. The van der Waals surface area contributed by atoms with Gasteiger partial charge in [0.1, 0.15) is 5.82 Å². The number of nitrogens with zero attached hydrogens (tertiary/aromatic N) is 4. The third-order valence-corrected chi connectivity index (χ3v) is 5.86. The SMILES string of the molecule is CCCCSc1nnc(NC(=O)c2nn(-c3ccc(F)cc3)cc2OCCC)s1. The van der Waals surface area contributed by atoms with E-state index >= 15 is 0 Å². The van der Waals surface area contributed by atoms with Crippen molar-refractivity contribution in [3.8, 4) is 11.4 Å². The van der Waals surface area contributed by atoms with Crippen molar-refractivity contribution in [2.75, 3.05) is 17.7 Å². The van der Waals surface area contributed by atoms with Gasteiger partial charge in [-0.15, -0.1) is 10.2 Å². The van der Waals surface area contributed by atoms with E-state index in [-0.39, 0.29) is 11.5 Å². The topological polar surface area (TPSA) is 81.9 Å². The van der Waals surface area contributed by atoms with Crippen LogP contribution in [0.25, 0.3) is 5.69 Å². The summed E-state index contributed by atoms with van der Waals surface area (Å²) >= 11 is 2.95. The molecule has 1 N–H and O–H groups in total. The van der Waals surface area contributed by atoms with E-state index < -0.39 is 5.91 Å². The number of carbonyl (C=O) groups excluding carboxylic acids is 1. The minimum atomic E-state index is -0.432. The first-order valence-electron chi connectivity index (χ1n) is 9.36. The minimum Gasteiger partial charge on any atom is -0.489 e. The molecule has 2 aromatic heterocycles. The molecular formula is C19H22FN5O2S2. The summed E-state index contributed by atoms with van der Waals surface area (Å²) in [4.78, 5) is 12.8. The highest BCUT2D eigenvalue weighted by Crippen LogP contribution is 2.27. The lowest BCUT2D eigenvalue weighted by atomic mass is 10.3. The Kier molecular flexibility index (Phi) is 7.59. The van der Waals surface area contributed by atoms with Crippen molar-refractivity contribution in [3.63, 3.8) is 0 Å². The molecule has 7 nitrogen and oxygen atoms in total. The van der Waals surface area contributed by atoms with E-state index in [4.69, 9.17) is 4.74 Å². The van der Waals surface area contributed by atoms with Gasteiger partial charge < -0.3 is 4.74 Å². The maximum Gasteiger partial charge on any atom is 0.281 e.